The van der Waals surface area contributed by atoms with Crippen molar-refractivity contribution in [2.45, 2.75) is 0 Å². The molecule has 5 nitrogen and oxygen atoms in total. The van der Waals surface area contributed by atoms with Crippen LogP contribution in [0.3, 0.4) is 0 Å². The summed E-state index contributed by atoms with van der Waals surface area (Å²) in [5, 5.41) is 9.12. The van der Waals surface area contributed by atoms with Gasteiger partial charge in [0.2, 0.25) is 0 Å². The molecule has 0 bridgehead atoms. The first-order valence-electron chi connectivity index (χ1n) is 5.61. The lowest BCUT2D eigenvalue weighted by Gasteiger charge is -2.33. The number of rotatable bonds is 2. The lowest BCUT2D eigenvalue weighted by Crippen LogP contribution is -2.47. The minimum Gasteiger partial charge on any atom is -0.377 e. The molecule has 0 atom stereocenters. The number of carbonyl (C=O) groups is 1. The minimum absolute atomic E-state index is 0.177. The summed E-state index contributed by atoms with van der Waals surface area (Å²) >= 11 is 0. The molecule has 0 unspecified atom stereocenters. The number of hydrogen-bond acceptors (Lipinski definition) is 4. The average molecular weight is 241 g/mol. The zero-order chi connectivity index (χ0) is 12.8. The Bertz CT molecular complexity index is 677. The SMILES string of the molecule is Cn1cnc2cc(C(=O)C3(C#N)COC3)ccc21. The quantitative estimate of drug-likeness (QED) is 0.743. The van der Waals surface area contributed by atoms with Crippen LogP contribution in [0.4, 0.5) is 0 Å². The average Bonchev–Trinajstić information content (AvgIpc) is 2.70. The van der Waals surface area contributed by atoms with Crippen LogP contribution in [0.1, 0.15) is 10.4 Å². The summed E-state index contributed by atoms with van der Waals surface area (Å²) < 4.78 is 6.89. The summed E-state index contributed by atoms with van der Waals surface area (Å²) in [6, 6.07) is 7.38. The van der Waals surface area contributed by atoms with Gasteiger partial charge in [-0.2, -0.15) is 5.26 Å². The van der Waals surface area contributed by atoms with E-state index in [9.17, 15) is 4.79 Å². The smallest absolute Gasteiger partial charge is 0.187 e. The van der Waals surface area contributed by atoms with Crippen molar-refractivity contribution >= 4 is 16.8 Å². The normalized spacial score (nSPS) is 17.1. The van der Waals surface area contributed by atoms with Gasteiger partial charge in [-0.15, -0.1) is 0 Å². The summed E-state index contributed by atoms with van der Waals surface area (Å²) in [7, 11) is 1.90. The number of aromatic nitrogens is 2. The number of ether oxygens (including phenoxy) is 1. The second kappa shape index (κ2) is 3.65. The molecule has 1 aliphatic rings. The minimum atomic E-state index is -0.998. The van der Waals surface area contributed by atoms with E-state index < -0.39 is 5.41 Å². The van der Waals surface area contributed by atoms with Gasteiger partial charge in [0.15, 0.2) is 11.2 Å². The maximum Gasteiger partial charge on any atom is 0.187 e. The molecule has 1 fully saturated rings. The molecule has 1 aromatic carbocycles. The summed E-state index contributed by atoms with van der Waals surface area (Å²) in [5.74, 6) is -0.177. The molecule has 1 aliphatic heterocycles. The van der Waals surface area contributed by atoms with Gasteiger partial charge in [0.25, 0.3) is 0 Å². The largest absolute Gasteiger partial charge is 0.377 e. The van der Waals surface area contributed by atoms with Crippen LogP contribution in [0, 0.1) is 16.7 Å². The molecule has 0 amide bonds. The van der Waals surface area contributed by atoms with Crippen LogP contribution in [0.25, 0.3) is 11.0 Å². The molecule has 2 heterocycles. The van der Waals surface area contributed by atoms with Gasteiger partial charge in [0, 0.05) is 12.6 Å². The molecular formula is C13H11N3O2. The zero-order valence-corrected chi connectivity index (χ0v) is 9.88. The molecule has 1 saturated heterocycles. The molecule has 1 aromatic heterocycles. The lowest BCUT2D eigenvalue weighted by molar-refractivity contribution is -0.0566. The molecule has 5 heteroatoms. The Morgan fingerprint density at radius 1 is 1.56 bits per heavy atom. The molecule has 18 heavy (non-hydrogen) atoms. The van der Waals surface area contributed by atoms with E-state index in [0.717, 1.165) is 11.0 Å². The number of nitriles is 1. The van der Waals surface area contributed by atoms with Gasteiger partial charge in [-0.05, 0) is 18.2 Å². The highest BCUT2D eigenvalue weighted by atomic mass is 16.5. The van der Waals surface area contributed by atoms with Gasteiger partial charge in [-0.25, -0.2) is 4.98 Å². The molecule has 0 saturated carbocycles. The highest BCUT2D eigenvalue weighted by molar-refractivity contribution is 6.04. The van der Waals surface area contributed by atoms with Crippen LogP contribution in [0.2, 0.25) is 0 Å². The molecule has 90 valence electrons. The van der Waals surface area contributed by atoms with E-state index in [1.165, 1.54) is 0 Å². The van der Waals surface area contributed by atoms with E-state index in [4.69, 9.17) is 10.00 Å². The Hall–Kier alpha value is -2.19. The monoisotopic (exact) mass is 241 g/mol. The topological polar surface area (TPSA) is 67.9 Å². The summed E-state index contributed by atoms with van der Waals surface area (Å²) in [6.45, 7) is 0.366. The van der Waals surface area contributed by atoms with E-state index >= 15 is 0 Å². The van der Waals surface area contributed by atoms with Crippen LogP contribution in [-0.2, 0) is 11.8 Å². The standard InChI is InChI=1S/C13H11N3O2/c1-16-8-15-10-4-9(2-3-11(10)16)12(17)13(5-14)6-18-7-13/h2-4,8H,6-7H2,1H3. The third-order valence-corrected chi connectivity index (χ3v) is 3.33. The Labute approximate surface area is 104 Å². The van der Waals surface area contributed by atoms with Gasteiger partial charge in [-0.1, -0.05) is 0 Å². The lowest BCUT2D eigenvalue weighted by atomic mass is 9.80. The number of hydrogen-bond donors (Lipinski definition) is 0. The van der Waals surface area contributed by atoms with Crippen LogP contribution >= 0.6 is 0 Å². The first kappa shape index (κ1) is 10.9. The van der Waals surface area contributed by atoms with E-state index in [1.807, 2.05) is 17.7 Å². The Kier molecular flexibility index (Phi) is 2.22. The van der Waals surface area contributed by atoms with Crippen LogP contribution in [-0.4, -0.2) is 28.5 Å². The van der Waals surface area contributed by atoms with Crippen molar-refractivity contribution in [1.29, 1.82) is 5.26 Å². The fraction of sp³-hybridized carbons (Fsp3) is 0.308. The number of Topliss-reactive ketones (excluding diaryl/α,β-unsaturated/α-hetero) is 1. The number of benzene rings is 1. The van der Waals surface area contributed by atoms with E-state index in [-0.39, 0.29) is 19.0 Å². The zero-order valence-electron chi connectivity index (χ0n) is 9.88. The molecule has 3 rings (SSSR count). The van der Waals surface area contributed by atoms with E-state index in [0.29, 0.717) is 5.56 Å². The molecule has 2 aromatic rings. The number of carbonyl (C=O) groups excluding carboxylic acids is 1. The van der Waals surface area contributed by atoms with E-state index in [1.54, 1.807) is 18.5 Å². The van der Waals surface area contributed by atoms with Crippen molar-refractivity contribution in [3.8, 4) is 6.07 Å². The van der Waals surface area contributed by atoms with Crippen molar-refractivity contribution in [2.75, 3.05) is 13.2 Å². The van der Waals surface area contributed by atoms with Gasteiger partial charge in [0.1, 0.15) is 0 Å². The highest BCUT2D eigenvalue weighted by Gasteiger charge is 2.46. The predicted octanol–water partition coefficient (Wildman–Crippen LogP) is 1.30. The first-order valence-corrected chi connectivity index (χ1v) is 5.61. The molecular weight excluding hydrogens is 230 g/mol. The highest BCUT2D eigenvalue weighted by Crippen LogP contribution is 2.31. The molecule has 0 radical (unpaired) electrons. The van der Waals surface area contributed by atoms with Crippen molar-refractivity contribution in [3.63, 3.8) is 0 Å². The number of ketones is 1. The Morgan fingerprint density at radius 2 is 2.33 bits per heavy atom. The predicted molar refractivity (Wildman–Crippen MR) is 63.9 cm³/mol. The fourth-order valence-electron chi connectivity index (χ4n) is 2.11. The summed E-state index contributed by atoms with van der Waals surface area (Å²) in [6.07, 6.45) is 1.70. The molecule has 0 aliphatic carbocycles. The summed E-state index contributed by atoms with van der Waals surface area (Å²) in [4.78, 5) is 16.5. The van der Waals surface area contributed by atoms with Crippen LogP contribution < -0.4 is 0 Å². The number of nitrogens with zero attached hydrogens (tertiary/aromatic N) is 3. The van der Waals surface area contributed by atoms with Gasteiger partial charge >= 0.3 is 0 Å². The first-order chi connectivity index (χ1) is 8.66. The molecule has 0 spiro atoms. The number of aryl methyl sites for hydroxylation is 1. The van der Waals surface area contributed by atoms with Crippen molar-refractivity contribution in [1.82, 2.24) is 9.55 Å². The Morgan fingerprint density at radius 3 is 2.94 bits per heavy atom. The second-order valence-electron chi connectivity index (χ2n) is 4.57. The van der Waals surface area contributed by atoms with Gasteiger partial charge < -0.3 is 9.30 Å². The van der Waals surface area contributed by atoms with Crippen molar-refractivity contribution in [2.24, 2.45) is 12.5 Å². The third-order valence-electron chi connectivity index (χ3n) is 3.33. The van der Waals surface area contributed by atoms with Crippen molar-refractivity contribution < 1.29 is 9.53 Å². The number of fused-ring (bicyclic) bond motifs is 1. The number of imidazole rings is 1. The van der Waals surface area contributed by atoms with Gasteiger partial charge in [0.05, 0.1) is 36.6 Å². The van der Waals surface area contributed by atoms with Gasteiger partial charge in [-0.3, -0.25) is 4.79 Å². The third kappa shape index (κ3) is 1.36. The van der Waals surface area contributed by atoms with E-state index in [2.05, 4.69) is 11.1 Å². The van der Waals surface area contributed by atoms with Crippen molar-refractivity contribution in [3.05, 3.63) is 30.1 Å². The maximum atomic E-state index is 12.3. The fourth-order valence-corrected chi connectivity index (χ4v) is 2.11. The molecule has 0 N–H and O–H groups in total. The Balaban J connectivity index is 2.05. The van der Waals surface area contributed by atoms with Crippen LogP contribution in [0.15, 0.2) is 24.5 Å². The maximum absolute atomic E-state index is 12.3. The van der Waals surface area contributed by atoms with Crippen LogP contribution in [0.5, 0.6) is 0 Å². The summed E-state index contributed by atoms with van der Waals surface area (Å²) in [5.41, 5.74) is 1.24. The second-order valence-corrected chi connectivity index (χ2v) is 4.57.